The molecule has 0 amide bonds. The Hall–Kier alpha value is 0.508. The van der Waals surface area contributed by atoms with E-state index in [-0.39, 0.29) is 9.52 Å². The Morgan fingerprint density at radius 1 is 0.537 bits per heavy atom. The summed E-state index contributed by atoms with van der Waals surface area (Å²) in [6, 6.07) is 4.33. The molecular weight excluding hydrogens is 589 g/mol. The summed E-state index contributed by atoms with van der Waals surface area (Å²) in [4.78, 5) is 0. The van der Waals surface area contributed by atoms with Gasteiger partial charge < -0.3 is 41.6 Å². The van der Waals surface area contributed by atoms with Gasteiger partial charge in [0.05, 0.1) is 9.52 Å². The highest BCUT2D eigenvalue weighted by Gasteiger charge is 2.36. The van der Waals surface area contributed by atoms with E-state index in [1.807, 2.05) is 0 Å². The Bertz CT molecular complexity index is 545. The third-order valence-corrected chi connectivity index (χ3v) is 18.6. The van der Waals surface area contributed by atoms with Gasteiger partial charge in [-0.3, -0.25) is 0 Å². The molecule has 248 valence electrons. The number of rotatable bonds is 31. The van der Waals surface area contributed by atoms with Crippen LogP contribution < -0.4 is 10.6 Å². The Kier molecular flexibility index (Phi) is 26.1. The predicted molar refractivity (Wildman–Crippen MR) is 181 cm³/mol. The van der Waals surface area contributed by atoms with Crippen molar-refractivity contribution in [2.45, 2.75) is 122 Å². The summed E-state index contributed by atoms with van der Waals surface area (Å²) in [5.41, 5.74) is 0. The average Bonchev–Trinajstić information content (AvgIpc) is 2.95. The molecular formula is C28H68N2O7Si4. The van der Waals surface area contributed by atoms with Crippen molar-refractivity contribution in [3.05, 3.63) is 0 Å². The molecule has 0 saturated carbocycles. The van der Waals surface area contributed by atoms with Gasteiger partial charge in [-0.1, -0.05) is 38.1 Å². The van der Waals surface area contributed by atoms with Gasteiger partial charge in [0.15, 0.2) is 0 Å². The smallest absolute Gasteiger partial charge is 0.395 e. The molecule has 0 heterocycles. The van der Waals surface area contributed by atoms with E-state index in [1.165, 1.54) is 38.1 Å². The van der Waals surface area contributed by atoms with Crippen LogP contribution in [0.25, 0.3) is 0 Å². The van der Waals surface area contributed by atoms with E-state index < -0.39 is 25.9 Å². The van der Waals surface area contributed by atoms with Crippen LogP contribution >= 0.6 is 0 Å². The van der Waals surface area contributed by atoms with Crippen molar-refractivity contribution in [2.75, 3.05) is 60.8 Å². The Balaban J connectivity index is 4.53. The fourth-order valence-corrected chi connectivity index (χ4v) is 13.9. The number of hydrogen-bond donors (Lipinski definition) is 2. The molecule has 2 N–H and O–H groups in total. The number of unbranched alkanes of at least 4 members (excludes halogenated alkanes) is 5. The summed E-state index contributed by atoms with van der Waals surface area (Å²) in [5, 5.41) is 7.71. The first kappa shape index (κ1) is 41.5. The second kappa shape index (κ2) is 25.8. The lowest BCUT2D eigenvalue weighted by Gasteiger charge is -2.27. The second-order valence-corrected chi connectivity index (χ2v) is 22.9. The highest BCUT2D eigenvalue weighted by Crippen LogP contribution is 2.19. The molecule has 0 aromatic heterocycles. The van der Waals surface area contributed by atoms with Gasteiger partial charge in [0.2, 0.25) is 0 Å². The van der Waals surface area contributed by atoms with Gasteiger partial charge in [-0.25, -0.2) is 0 Å². The van der Waals surface area contributed by atoms with Gasteiger partial charge in [-0.15, -0.1) is 0 Å². The minimum absolute atomic E-state index is 0.278. The molecule has 0 aromatic carbocycles. The van der Waals surface area contributed by atoms with Crippen LogP contribution in [0.4, 0.5) is 0 Å². The zero-order chi connectivity index (χ0) is 30.9. The molecule has 0 spiro atoms. The van der Waals surface area contributed by atoms with Crippen LogP contribution in [-0.4, -0.2) is 102 Å². The summed E-state index contributed by atoms with van der Waals surface area (Å²) >= 11 is 0. The summed E-state index contributed by atoms with van der Waals surface area (Å²) in [6.45, 7) is 17.6. The van der Waals surface area contributed by atoms with Crippen LogP contribution in [0.2, 0.25) is 37.3 Å². The van der Waals surface area contributed by atoms with Gasteiger partial charge in [0, 0.05) is 59.6 Å². The van der Waals surface area contributed by atoms with Crippen LogP contribution in [0.15, 0.2) is 0 Å². The fourth-order valence-electron chi connectivity index (χ4n) is 5.37. The summed E-state index contributed by atoms with van der Waals surface area (Å²) in [5.74, 6) is 0.462. The fraction of sp³-hybridized carbons (Fsp3) is 1.00. The Morgan fingerprint density at radius 2 is 0.927 bits per heavy atom. The molecule has 41 heavy (non-hydrogen) atoms. The first-order valence-corrected chi connectivity index (χ1v) is 25.2. The molecule has 9 nitrogen and oxygen atoms in total. The molecule has 0 aliphatic rings. The van der Waals surface area contributed by atoms with Gasteiger partial charge in [0.1, 0.15) is 0 Å². The zero-order valence-corrected chi connectivity index (χ0v) is 32.8. The largest absolute Gasteiger partial charge is 0.500 e. The minimum Gasteiger partial charge on any atom is -0.395 e. The maximum absolute atomic E-state index is 6.03. The van der Waals surface area contributed by atoms with Crippen molar-refractivity contribution >= 4 is 35.4 Å². The predicted octanol–water partition coefficient (Wildman–Crippen LogP) is 5.33. The molecule has 0 bridgehead atoms. The molecule has 0 fully saturated rings. The normalized spacial score (nSPS) is 13.3. The second-order valence-electron chi connectivity index (χ2n) is 11.0. The molecule has 0 aliphatic carbocycles. The lowest BCUT2D eigenvalue weighted by Crippen LogP contribution is -2.48. The van der Waals surface area contributed by atoms with Gasteiger partial charge in [-0.05, 0) is 85.2 Å². The van der Waals surface area contributed by atoms with E-state index in [9.17, 15) is 0 Å². The number of nitrogens with one attached hydrogen (secondary N) is 2. The van der Waals surface area contributed by atoms with E-state index in [4.69, 9.17) is 31.0 Å². The SMILES string of the molecule is CCO[Si](C)(CCCNC(NCCC[Si](C)(OCC)OCC)[SiH2]CCCCCCCC[Si](OC)(OC)OC)OCC. The van der Waals surface area contributed by atoms with Gasteiger partial charge in [-0.2, -0.15) is 0 Å². The van der Waals surface area contributed by atoms with Gasteiger partial charge >= 0.3 is 25.9 Å². The summed E-state index contributed by atoms with van der Waals surface area (Å²) < 4.78 is 40.7. The molecule has 0 unspecified atom stereocenters. The molecule has 0 atom stereocenters. The van der Waals surface area contributed by atoms with Crippen molar-refractivity contribution in [3.8, 4) is 0 Å². The van der Waals surface area contributed by atoms with Crippen LogP contribution in [0.5, 0.6) is 0 Å². The summed E-state index contributed by atoms with van der Waals surface area (Å²) in [7, 11) is -1.70. The van der Waals surface area contributed by atoms with Crippen LogP contribution in [-0.2, 0) is 31.0 Å². The summed E-state index contributed by atoms with van der Waals surface area (Å²) in [6.07, 6.45) is 9.73. The van der Waals surface area contributed by atoms with Gasteiger partial charge in [0.25, 0.3) is 0 Å². The van der Waals surface area contributed by atoms with Crippen LogP contribution in [0, 0.1) is 0 Å². The van der Waals surface area contributed by atoms with Crippen molar-refractivity contribution < 1.29 is 31.0 Å². The first-order chi connectivity index (χ1) is 19.7. The van der Waals surface area contributed by atoms with E-state index in [1.54, 1.807) is 21.3 Å². The maximum Gasteiger partial charge on any atom is 0.500 e. The maximum atomic E-state index is 6.03. The third-order valence-electron chi connectivity index (χ3n) is 7.60. The molecule has 0 aliphatic heterocycles. The van der Waals surface area contributed by atoms with Crippen molar-refractivity contribution in [3.63, 3.8) is 0 Å². The zero-order valence-electron chi connectivity index (χ0n) is 28.4. The monoisotopic (exact) mass is 656 g/mol. The molecule has 0 rings (SSSR count). The molecule has 13 heteroatoms. The molecule has 0 radical (unpaired) electrons. The number of hydrogen-bond acceptors (Lipinski definition) is 9. The van der Waals surface area contributed by atoms with E-state index in [0.29, 0.717) is 5.79 Å². The Labute approximate surface area is 259 Å². The van der Waals surface area contributed by atoms with Crippen LogP contribution in [0.1, 0.15) is 79.1 Å². The standard InChI is InChI=1S/C28H68N2O7Si4/c1-10-34-39(8,35-11-2)25-20-22-29-28(30-23-21-26-40(9,36-12-3)37-13-4)38-24-18-16-14-15-17-19-27-41(31-5,32-6)33-7/h28-30H,10-27,38H2,1-9H3. The highest BCUT2D eigenvalue weighted by atomic mass is 28.4. The lowest BCUT2D eigenvalue weighted by atomic mass is 10.1. The van der Waals surface area contributed by atoms with E-state index >= 15 is 0 Å². The van der Waals surface area contributed by atoms with Crippen molar-refractivity contribution in [1.82, 2.24) is 10.6 Å². The molecule has 0 aromatic rings. The van der Waals surface area contributed by atoms with Crippen molar-refractivity contribution in [2.24, 2.45) is 0 Å². The lowest BCUT2D eigenvalue weighted by molar-refractivity contribution is 0.122. The first-order valence-electron chi connectivity index (χ1n) is 16.4. The van der Waals surface area contributed by atoms with Crippen LogP contribution in [0.3, 0.4) is 0 Å². The highest BCUT2D eigenvalue weighted by molar-refractivity contribution is 6.66. The quantitative estimate of drug-likeness (QED) is 0.0585. The van der Waals surface area contributed by atoms with E-state index in [0.717, 1.165) is 76.9 Å². The third kappa shape index (κ3) is 20.2. The average molecular weight is 657 g/mol. The minimum atomic E-state index is -2.41. The Morgan fingerprint density at radius 3 is 1.32 bits per heavy atom. The van der Waals surface area contributed by atoms with Crippen molar-refractivity contribution in [1.29, 1.82) is 0 Å². The topological polar surface area (TPSA) is 88.7 Å². The molecule has 0 saturated heterocycles. The van der Waals surface area contributed by atoms with E-state index in [2.05, 4.69) is 51.4 Å².